The molecule has 4 nitrogen and oxygen atoms in total. The van der Waals surface area contributed by atoms with E-state index in [9.17, 15) is 0 Å². The van der Waals surface area contributed by atoms with Gasteiger partial charge in [-0.25, -0.2) is 9.97 Å². The van der Waals surface area contributed by atoms with Crippen LogP contribution in [0.2, 0.25) is 10.0 Å². The van der Waals surface area contributed by atoms with E-state index in [1.54, 1.807) is 54.7 Å². The Bertz CT molecular complexity index is 887. The van der Waals surface area contributed by atoms with Crippen LogP contribution in [0.3, 0.4) is 0 Å². The molecule has 7 heteroatoms. The molecule has 0 unspecified atom stereocenters. The van der Waals surface area contributed by atoms with Crippen LogP contribution in [-0.4, -0.2) is 9.97 Å². The monoisotopic (exact) mass is 372 g/mol. The molecule has 0 bridgehead atoms. The van der Waals surface area contributed by atoms with Crippen molar-refractivity contribution in [2.45, 2.75) is 9.92 Å². The van der Waals surface area contributed by atoms with Gasteiger partial charge in [0.15, 0.2) is 0 Å². The Morgan fingerprint density at radius 1 is 1.00 bits per heavy atom. The number of halogens is 2. The third kappa shape index (κ3) is 3.98. The van der Waals surface area contributed by atoms with Crippen molar-refractivity contribution in [3.05, 3.63) is 70.3 Å². The standard InChI is InChI=1S/C17H10Cl2N4S/c18-13-2-1-3-14(19)16(13)24-15-8-9-21-17(23-15)22-12-6-4-11(10-20)5-7-12/h1-9H,(H,21,22,23). The van der Waals surface area contributed by atoms with Gasteiger partial charge >= 0.3 is 0 Å². The summed E-state index contributed by atoms with van der Waals surface area (Å²) < 4.78 is 0. The van der Waals surface area contributed by atoms with Crippen LogP contribution in [-0.2, 0) is 0 Å². The number of nitrogens with one attached hydrogen (secondary N) is 1. The molecule has 0 aliphatic rings. The lowest BCUT2D eigenvalue weighted by molar-refractivity contribution is 1.05. The molecule has 0 spiro atoms. The van der Waals surface area contributed by atoms with E-state index in [1.165, 1.54) is 11.8 Å². The van der Waals surface area contributed by atoms with Crippen LogP contribution in [0, 0.1) is 11.3 Å². The maximum Gasteiger partial charge on any atom is 0.228 e. The van der Waals surface area contributed by atoms with E-state index < -0.39 is 0 Å². The van der Waals surface area contributed by atoms with Crippen LogP contribution < -0.4 is 5.32 Å². The quantitative estimate of drug-likeness (QED) is 0.608. The summed E-state index contributed by atoms with van der Waals surface area (Å²) in [6, 6.07) is 16.3. The largest absolute Gasteiger partial charge is 0.324 e. The van der Waals surface area contributed by atoms with Gasteiger partial charge in [-0.3, -0.25) is 0 Å². The van der Waals surface area contributed by atoms with E-state index >= 15 is 0 Å². The number of hydrogen-bond acceptors (Lipinski definition) is 5. The summed E-state index contributed by atoms with van der Waals surface area (Å²) in [5, 5.41) is 13.8. The van der Waals surface area contributed by atoms with Crippen molar-refractivity contribution in [2.75, 3.05) is 5.32 Å². The van der Waals surface area contributed by atoms with E-state index in [2.05, 4.69) is 21.4 Å². The van der Waals surface area contributed by atoms with Gasteiger partial charge in [0.05, 0.1) is 26.6 Å². The molecule has 0 saturated heterocycles. The highest BCUT2D eigenvalue weighted by Gasteiger charge is 2.09. The molecule has 0 saturated carbocycles. The van der Waals surface area contributed by atoms with Gasteiger partial charge in [0.1, 0.15) is 5.03 Å². The zero-order valence-corrected chi connectivity index (χ0v) is 14.5. The van der Waals surface area contributed by atoms with E-state index in [-0.39, 0.29) is 0 Å². The smallest absolute Gasteiger partial charge is 0.228 e. The molecular formula is C17H10Cl2N4S. The molecule has 0 radical (unpaired) electrons. The van der Waals surface area contributed by atoms with Crippen LogP contribution in [0.1, 0.15) is 5.56 Å². The molecule has 1 aromatic heterocycles. The average molecular weight is 373 g/mol. The van der Waals surface area contributed by atoms with E-state index in [0.717, 1.165) is 15.6 Å². The fourth-order valence-corrected chi connectivity index (χ4v) is 3.33. The Hall–Kier alpha value is -2.26. The second-order valence-corrected chi connectivity index (χ2v) is 6.53. The minimum absolute atomic E-state index is 0.452. The summed E-state index contributed by atoms with van der Waals surface area (Å²) in [5.41, 5.74) is 1.39. The van der Waals surface area contributed by atoms with Gasteiger partial charge in [-0.15, -0.1) is 0 Å². The van der Waals surface area contributed by atoms with Crippen molar-refractivity contribution in [3.63, 3.8) is 0 Å². The van der Waals surface area contributed by atoms with Gasteiger partial charge in [0.25, 0.3) is 0 Å². The maximum atomic E-state index is 8.82. The Balaban J connectivity index is 1.80. The highest BCUT2D eigenvalue weighted by atomic mass is 35.5. The molecule has 0 amide bonds. The predicted molar refractivity (Wildman–Crippen MR) is 97.1 cm³/mol. The zero-order valence-electron chi connectivity index (χ0n) is 12.2. The number of nitrogens with zero attached hydrogens (tertiary/aromatic N) is 3. The number of benzene rings is 2. The molecule has 2 aromatic carbocycles. The lowest BCUT2D eigenvalue weighted by atomic mass is 10.2. The van der Waals surface area contributed by atoms with Crippen LogP contribution in [0.25, 0.3) is 0 Å². The first-order valence-electron chi connectivity index (χ1n) is 6.88. The van der Waals surface area contributed by atoms with E-state index in [0.29, 0.717) is 21.6 Å². The van der Waals surface area contributed by atoms with Crippen molar-refractivity contribution in [1.29, 1.82) is 5.26 Å². The van der Waals surface area contributed by atoms with Gasteiger partial charge in [-0.1, -0.05) is 41.0 Å². The Morgan fingerprint density at radius 2 is 1.71 bits per heavy atom. The summed E-state index contributed by atoms with van der Waals surface area (Å²) >= 11 is 13.7. The lowest BCUT2D eigenvalue weighted by Crippen LogP contribution is -1.97. The van der Waals surface area contributed by atoms with Crippen molar-refractivity contribution in [3.8, 4) is 6.07 Å². The van der Waals surface area contributed by atoms with Gasteiger partial charge in [-0.2, -0.15) is 5.26 Å². The molecule has 0 atom stereocenters. The first kappa shape index (κ1) is 16.6. The molecule has 1 heterocycles. The summed E-state index contributed by atoms with van der Waals surface area (Å²) in [4.78, 5) is 9.40. The predicted octanol–water partition coefficient (Wildman–Crippen LogP) is 5.55. The second-order valence-electron chi connectivity index (χ2n) is 4.69. The summed E-state index contributed by atoms with van der Waals surface area (Å²) in [6.45, 7) is 0. The Kier molecular flexibility index (Phi) is 5.21. The zero-order chi connectivity index (χ0) is 16.9. The highest BCUT2D eigenvalue weighted by molar-refractivity contribution is 7.99. The fourth-order valence-electron chi connectivity index (χ4n) is 1.90. The van der Waals surface area contributed by atoms with Gasteiger partial charge in [-0.05, 0) is 42.5 Å². The molecule has 118 valence electrons. The summed E-state index contributed by atoms with van der Waals surface area (Å²) in [7, 11) is 0. The average Bonchev–Trinajstić information content (AvgIpc) is 2.59. The van der Waals surface area contributed by atoms with Gasteiger partial charge in [0, 0.05) is 11.9 Å². The van der Waals surface area contributed by atoms with Gasteiger partial charge < -0.3 is 5.32 Å². The SMILES string of the molecule is N#Cc1ccc(Nc2nccc(Sc3c(Cl)cccc3Cl)n2)cc1. The number of aromatic nitrogens is 2. The van der Waals surface area contributed by atoms with Gasteiger partial charge in [0.2, 0.25) is 5.95 Å². The molecule has 3 aromatic rings. The summed E-state index contributed by atoms with van der Waals surface area (Å²) in [5.74, 6) is 0.452. The van der Waals surface area contributed by atoms with Crippen LogP contribution in [0.5, 0.6) is 0 Å². The number of rotatable bonds is 4. The molecule has 3 rings (SSSR count). The third-order valence-electron chi connectivity index (χ3n) is 3.03. The molecule has 1 N–H and O–H groups in total. The molecule has 24 heavy (non-hydrogen) atoms. The minimum Gasteiger partial charge on any atom is -0.324 e. The van der Waals surface area contributed by atoms with Crippen LogP contribution in [0.4, 0.5) is 11.6 Å². The third-order valence-corrected chi connectivity index (χ3v) is 4.96. The topological polar surface area (TPSA) is 61.6 Å². The Morgan fingerprint density at radius 3 is 2.38 bits per heavy atom. The number of hydrogen-bond donors (Lipinski definition) is 1. The van der Waals surface area contributed by atoms with Crippen molar-refractivity contribution < 1.29 is 0 Å². The normalized spacial score (nSPS) is 10.2. The fraction of sp³-hybridized carbons (Fsp3) is 0. The molecule has 0 aliphatic carbocycles. The van der Waals surface area contributed by atoms with Crippen LogP contribution in [0.15, 0.2) is 64.6 Å². The minimum atomic E-state index is 0.452. The van der Waals surface area contributed by atoms with E-state index in [1.807, 2.05) is 0 Å². The molecular weight excluding hydrogens is 363 g/mol. The van der Waals surface area contributed by atoms with E-state index in [4.69, 9.17) is 28.5 Å². The Labute approximate surface area is 153 Å². The first-order valence-corrected chi connectivity index (χ1v) is 8.45. The second kappa shape index (κ2) is 7.54. The molecule has 0 fully saturated rings. The first-order chi connectivity index (χ1) is 11.7. The lowest BCUT2D eigenvalue weighted by Gasteiger charge is -2.08. The number of nitriles is 1. The van der Waals surface area contributed by atoms with Crippen LogP contribution >= 0.6 is 35.0 Å². The highest BCUT2D eigenvalue weighted by Crippen LogP contribution is 2.37. The molecule has 0 aliphatic heterocycles. The number of anilines is 2. The maximum absolute atomic E-state index is 8.82. The summed E-state index contributed by atoms with van der Waals surface area (Å²) in [6.07, 6.45) is 1.66. The van der Waals surface area contributed by atoms with Crippen molar-refractivity contribution in [2.24, 2.45) is 0 Å². The van der Waals surface area contributed by atoms with Crippen molar-refractivity contribution in [1.82, 2.24) is 9.97 Å². The van der Waals surface area contributed by atoms with Crippen molar-refractivity contribution >= 4 is 46.6 Å².